The van der Waals surface area contributed by atoms with Gasteiger partial charge in [0.25, 0.3) is 0 Å². The molecule has 5 heterocycles. The van der Waals surface area contributed by atoms with Crippen molar-refractivity contribution < 1.29 is 9.90 Å². The van der Waals surface area contributed by atoms with E-state index in [9.17, 15) is 4.79 Å². The number of aromatic nitrogens is 4. The summed E-state index contributed by atoms with van der Waals surface area (Å²) in [6.45, 7) is 12.6. The summed E-state index contributed by atoms with van der Waals surface area (Å²) in [5.41, 5.74) is 0.546. The van der Waals surface area contributed by atoms with Gasteiger partial charge in [-0.2, -0.15) is 0 Å². The topological polar surface area (TPSA) is 102 Å². The van der Waals surface area contributed by atoms with Crippen LogP contribution in [0.1, 0.15) is 86.2 Å². The molecule has 1 atom stereocenters. The van der Waals surface area contributed by atoms with E-state index < -0.39 is 5.97 Å². The molecule has 5 rings (SSSR count). The standard InChI is InChI=1S/C32H49N7O2S/c1-3-25(4-2)38-19-11-32(12-20-38)10-18-37(24-32)16-5-17-39-21-15-33-29(39)22-28(31-34-13-14-35-31)36-23-27-7-6-26(42-27)8-9-30(40)41/h6-7,13-15,21,25,28,36H,3-5,8-12,16-20,22-24H2,1-2H3,(H,34,35)(H,40,41). The zero-order valence-electron chi connectivity index (χ0n) is 25.4. The number of carboxylic acid groups (broad SMARTS) is 1. The number of aromatic amines is 1. The fraction of sp³-hybridized carbons (Fsp3) is 0.656. The lowest BCUT2D eigenvalue weighted by atomic mass is 9.77. The highest BCUT2D eigenvalue weighted by molar-refractivity contribution is 7.11. The molecule has 2 aliphatic rings. The van der Waals surface area contributed by atoms with Gasteiger partial charge in [0.05, 0.1) is 12.5 Å². The van der Waals surface area contributed by atoms with E-state index in [4.69, 9.17) is 10.1 Å². The smallest absolute Gasteiger partial charge is 0.303 e. The largest absolute Gasteiger partial charge is 0.481 e. The Bertz CT molecular complexity index is 1230. The molecule has 0 saturated carbocycles. The van der Waals surface area contributed by atoms with Crippen molar-refractivity contribution in [1.82, 2.24) is 34.6 Å². The van der Waals surface area contributed by atoms with Crippen molar-refractivity contribution >= 4 is 17.3 Å². The molecule has 2 saturated heterocycles. The van der Waals surface area contributed by atoms with Crippen molar-refractivity contribution in [1.29, 1.82) is 0 Å². The molecule has 9 nitrogen and oxygen atoms in total. The Hall–Kier alpha value is -2.53. The van der Waals surface area contributed by atoms with Gasteiger partial charge in [0, 0.05) is 66.6 Å². The van der Waals surface area contributed by atoms with Gasteiger partial charge in [0.15, 0.2) is 0 Å². The minimum absolute atomic E-state index is 0.00930. The van der Waals surface area contributed by atoms with Crippen molar-refractivity contribution in [2.24, 2.45) is 5.41 Å². The molecule has 3 aromatic rings. The van der Waals surface area contributed by atoms with E-state index in [-0.39, 0.29) is 12.5 Å². The number of likely N-dealkylation sites (tertiary alicyclic amines) is 2. The predicted molar refractivity (Wildman–Crippen MR) is 168 cm³/mol. The summed E-state index contributed by atoms with van der Waals surface area (Å²) in [4.78, 5) is 31.2. The van der Waals surface area contributed by atoms with Gasteiger partial charge >= 0.3 is 5.97 Å². The lowest BCUT2D eigenvalue weighted by Crippen LogP contribution is -2.45. The van der Waals surface area contributed by atoms with Gasteiger partial charge in [-0.1, -0.05) is 13.8 Å². The molecular formula is C32H49N7O2S. The fourth-order valence-corrected chi connectivity index (χ4v) is 7.98. The molecule has 10 heteroatoms. The van der Waals surface area contributed by atoms with Gasteiger partial charge in [-0.05, 0) is 88.7 Å². The van der Waals surface area contributed by atoms with Crippen LogP contribution in [-0.4, -0.2) is 79.2 Å². The zero-order valence-corrected chi connectivity index (χ0v) is 26.2. The van der Waals surface area contributed by atoms with Gasteiger partial charge in [-0.3, -0.25) is 4.79 Å². The minimum atomic E-state index is -0.756. The summed E-state index contributed by atoms with van der Waals surface area (Å²) in [5, 5.41) is 12.6. The molecule has 0 radical (unpaired) electrons. The molecule has 42 heavy (non-hydrogen) atoms. The van der Waals surface area contributed by atoms with E-state index in [1.165, 1.54) is 63.2 Å². The highest BCUT2D eigenvalue weighted by Crippen LogP contribution is 2.41. The molecule has 0 amide bonds. The van der Waals surface area contributed by atoms with Crippen molar-refractivity contribution in [2.75, 3.05) is 32.7 Å². The summed E-state index contributed by atoms with van der Waals surface area (Å²) in [6, 6.07) is 4.91. The highest BCUT2D eigenvalue weighted by Gasteiger charge is 2.40. The SMILES string of the molecule is CCC(CC)N1CCC2(CCN(CCCn3ccnc3CC(NCc3ccc(CCC(=O)O)s3)c3ncc[nH]3)C2)CC1. The van der Waals surface area contributed by atoms with Crippen LogP contribution in [0.15, 0.2) is 36.9 Å². The van der Waals surface area contributed by atoms with Crippen LogP contribution < -0.4 is 5.32 Å². The van der Waals surface area contributed by atoms with Crippen molar-refractivity contribution in [3.63, 3.8) is 0 Å². The first kappa shape index (κ1) is 30.9. The first-order valence-electron chi connectivity index (χ1n) is 16.0. The van der Waals surface area contributed by atoms with Crippen LogP contribution in [0.4, 0.5) is 0 Å². The third-order valence-electron chi connectivity index (χ3n) is 9.57. The molecule has 0 aliphatic carbocycles. The molecule has 1 spiro atoms. The molecule has 0 aromatic carbocycles. The second-order valence-electron chi connectivity index (χ2n) is 12.3. The Morgan fingerprint density at radius 1 is 1.10 bits per heavy atom. The van der Waals surface area contributed by atoms with E-state index in [2.05, 4.69) is 55.8 Å². The normalized spacial score (nSPS) is 18.4. The number of imidazole rings is 2. The number of H-pyrrole nitrogens is 1. The van der Waals surface area contributed by atoms with E-state index in [1.807, 2.05) is 18.5 Å². The second-order valence-corrected chi connectivity index (χ2v) is 13.5. The minimum Gasteiger partial charge on any atom is -0.481 e. The van der Waals surface area contributed by atoms with Crippen LogP contribution in [0.3, 0.4) is 0 Å². The quantitative estimate of drug-likeness (QED) is 0.211. The molecule has 3 aromatic heterocycles. The lowest BCUT2D eigenvalue weighted by Gasteiger charge is -2.42. The average Bonchev–Trinajstić information content (AvgIpc) is 3.81. The fourth-order valence-electron chi connectivity index (χ4n) is 7.02. The Labute approximate surface area is 254 Å². The van der Waals surface area contributed by atoms with Gasteiger partial charge in [0.1, 0.15) is 11.6 Å². The Balaban J connectivity index is 1.10. The first-order valence-corrected chi connectivity index (χ1v) is 16.8. The molecule has 0 bridgehead atoms. The number of aliphatic carboxylic acids is 1. The zero-order chi connectivity index (χ0) is 29.4. The van der Waals surface area contributed by atoms with E-state index in [0.717, 1.165) is 48.5 Å². The number of nitrogens with zero attached hydrogens (tertiary/aromatic N) is 5. The number of nitrogens with one attached hydrogen (secondary N) is 2. The van der Waals surface area contributed by atoms with E-state index in [0.29, 0.717) is 18.4 Å². The van der Waals surface area contributed by atoms with Gasteiger partial charge in [-0.15, -0.1) is 11.3 Å². The number of carbonyl (C=O) groups is 1. The number of rotatable bonds is 16. The van der Waals surface area contributed by atoms with Crippen LogP contribution in [0.25, 0.3) is 0 Å². The van der Waals surface area contributed by atoms with Crippen LogP contribution in [0.2, 0.25) is 0 Å². The molecule has 2 aliphatic heterocycles. The Morgan fingerprint density at radius 2 is 1.88 bits per heavy atom. The van der Waals surface area contributed by atoms with Crippen LogP contribution in [-0.2, 0) is 30.7 Å². The molecule has 2 fully saturated rings. The van der Waals surface area contributed by atoms with Gasteiger partial charge in [-0.25, -0.2) is 9.97 Å². The monoisotopic (exact) mass is 595 g/mol. The highest BCUT2D eigenvalue weighted by atomic mass is 32.1. The van der Waals surface area contributed by atoms with Crippen LogP contribution >= 0.6 is 11.3 Å². The van der Waals surface area contributed by atoms with Crippen LogP contribution in [0.5, 0.6) is 0 Å². The number of carboxylic acids is 1. The first-order chi connectivity index (χ1) is 20.5. The molecule has 1 unspecified atom stereocenters. The maximum absolute atomic E-state index is 10.9. The number of piperidine rings is 1. The second kappa shape index (κ2) is 14.8. The summed E-state index contributed by atoms with van der Waals surface area (Å²) >= 11 is 1.68. The van der Waals surface area contributed by atoms with E-state index >= 15 is 0 Å². The summed E-state index contributed by atoms with van der Waals surface area (Å²) < 4.78 is 2.31. The lowest BCUT2D eigenvalue weighted by molar-refractivity contribution is -0.136. The van der Waals surface area contributed by atoms with Crippen molar-refractivity contribution in [2.45, 2.75) is 96.8 Å². The Morgan fingerprint density at radius 3 is 2.62 bits per heavy atom. The molecule has 3 N–H and O–H groups in total. The molecule has 230 valence electrons. The number of hydrogen-bond donors (Lipinski definition) is 3. The number of hydrogen-bond acceptors (Lipinski definition) is 7. The van der Waals surface area contributed by atoms with Crippen molar-refractivity contribution in [3.8, 4) is 0 Å². The Kier molecular flexibility index (Phi) is 10.9. The number of aryl methyl sites for hydroxylation is 2. The number of thiophene rings is 1. The summed E-state index contributed by atoms with van der Waals surface area (Å²) in [6.07, 6.45) is 17.0. The average molecular weight is 596 g/mol. The third kappa shape index (κ3) is 8.09. The predicted octanol–water partition coefficient (Wildman–Crippen LogP) is 5.13. The summed E-state index contributed by atoms with van der Waals surface area (Å²) in [7, 11) is 0. The maximum Gasteiger partial charge on any atom is 0.303 e. The maximum atomic E-state index is 10.9. The van der Waals surface area contributed by atoms with E-state index in [1.54, 1.807) is 17.5 Å². The molecular weight excluding hydrogens is 546 g/mol. The van der Waals surface area contributed by atoms with Crippen molar-refractivity contribution in [3.05, 3.63) is 58.3 Å². The third-order valence-corrected chi connectivity index (χ3v) is 10.7. The van der Waals surface area contributed by atoms with Crippen LogP contribution in [0, 0.1) is 5.41 Å². The van der Waals surface area contributed by atoms with Gasteiger partial charge < -0.3 is 29.8 Å². The summed E-state index contributed by atoms with van der Waals surface area (Å²) in [5.74, 6) is 1.22. The van der Waals surface area contributed by atoms with Gasteiger partial charge in [0.2, 0.25) is 0 Å².